The number of anilines is 1. The van der Waals surface area contributed by atoms with Gasteiger partial charge in [-0.25, -0.2) is 4.98 Å². The van der Waals surface area contributed by atoms with E-state index in [4.69, 9.17) is 5.26 Å². The summed E-state index contributed by atoms with van der Waals surface area (Å²) < 4.78 is 29.0. The normalized spacial score (nSPS) is 16.3. The summed E-state index contributed by atoms with van der Waals surface area (Å²) in [5, 5.41) is 8.83. The molecule has 2 aromatic rings. The zero-order chi connectivity index (χ0) is 17.9. The van der Waals surface area contributed by atoms with Gasteiger partial charge in [-0.1, -0.05) is 6.07 Å². The molecular formula is C17H19N5O2S. The molecular weight excluding hydrogens is 338 g/mol. The molecule has 0 aliphatic carbocycles. The number of nitriles is 1. The highest BCUT2D eigenvalue weighted by Crippen LogP contribution is 2.28. The predicted octanol–water partition coefficient (Wildman–Crippen LogP) is 2.19. The standard InChI is InChI=1S/C17H19N5O2S/c1-13-3-2-4-17(20-13)21-25(23,24)22-9-7-15(8-10-22)16-6-5-14(11-18)12-19-16/h2-6,12,15H,7-10H2,1H3,(H,20,21). The van der Waals surface area contributed by atoms with Crippen molar-refractivity contribution in [3.05, 3.63) is 53.5 Å². The van der Waals surface area contributed by atoms with E-state index in [-0.39, 0.29) is 5.92 Å². The maximum Gasteiger partial charge on any atom is 0.302 e. The van der Waals surface area contributed by atoms with E-state index in [1.807, 2.05) is 25.1 Å². The van der Waals surface area contributed by atoms with Gasteiger partial charge in [0.05, 0.1) is 5.56 Å². The van der Waals surface area contributed by atoms with E-state index in [1.165, 1.54) is 4.31 Å². The Bertz CT molecular complexity index is 882. The van der Waals surface area contributed by atoms with E-state index in [0.717, 1.165) is 11.4 Å². The molecule has 2 aromatic heterocycles. The molecule has 0 radical (unpaired) electrons. The number of aryl methyl sites for hydroxylation is 1. The highest BCUT2D eigenvalue weighted by molar-refractivity contribution is 7.90. The van der Waals surface area contributed by atoms with Crippen molar-refractivity contribution in [1.29, 1.82) is 5.26 Å². The molecule has 0 bridgehead atoms. The lowest BCUT2D eigenvalue weighted by molar-refractivity contribution is 0.318. The summed E-state index contributed by atoms with van der Waals surface area (Å²) in [4.78, 5) is 8.50. The second kappa shape index (κ2) is 7.17. The zero-order valence-corrected chi connectivity index (χ0v) is 14.7. The summed E-state index contributed by atoms with van der Waals surface area (Å²) in [6, 6.07) is 10.9. The first-order valence-electron chi connectivity index (χ1n) is 8.05. The molecule has 1 fully saturated rings. The Kier molecular flexibility index (Phi) is 4.97. The lowest BCUT2D eigenvalue weighted by Gasteiger charge is -2.30. The van der Waals surface area contributed by atoms with Crippen LogP contribution < -0.4 is 4.72 Å². The molecule has 8 heteroatoms. The number of aromatic nitrogens is 2. The van der Waals surface area contributed by atoms with Gasteiger partial charge < -0.3 is 0 Å². The third-order valence-corrected chi connectivity index (χ3v) is 5.76. The molecule has 25 heavy (non-hydrogen) atoms. The molecule has 0 unspecified atom stereocenters. The van der Waals surface area contributed by atoms with Crippen LogP contribution in [0.3, 0.4) is 0 Å². The van der Waals surface area contributed by atoms with Crippen LogP contribution in [0.15, 0.2) is 36.5 Å². The van der Waals surface area contributed by atoms with E-state index in [2.05, 4.69) is 14.7 Å². The van der Waals surface area contributed by atoms with Gasteiger partial charge in [-0.3, -0.25) is 9.71 Å². The van der Waals surface area contributed by atoms with Crippen molar-refractivity contribution in [2.24, 2.45) is 0 Å². The van der Waals surface area contributed by atoms with E-state index in [9.17, 15) is 8.42 Å². The van der Waals surface area contributed by atoms with Crippen LogP contribution in [0.2, 0.25) is 0 Å². The van der Waals surface area contributed by atoms with Gasteiger partial charge in [-0.05, 0) is 44.0 Å². The van der Waals surface area contributed by atoms with Gasteiger partial charge in [-0.2, -0.15) is 18.0 Å². The van der Waals surface area contributed by atoms with Crippen molar-refractivity contribution in [2.45, 2.75) is 25.7 Å². The Morgan fingerprint density at radius 3 is 2.60 bits per heavy atom. The molecule has 0 spiro atoms. The average molecular weight is 357 g/mol. The first-order valence-corrected chi connectivity index (χ1v) is 9.49. The molecule has 3 heterocycles. The van der Waals surface area contributed by atoms with Gasteiger partial charge in [0.15, 0.2) is 0 Å². The number of piperidine rings is 1. The first-order chi connectivity index (χ1) is 12.0. The van der Waals surface area contributed by atoms with Crippen molar-refractivity contribution >= 4 is 16.0 Å². The van der Waals surface area contributed by atoms with Crippen molar-refractivity contribution in [2.75, 3.05) is 17.8 Å². The first kappa shape index (κ1) is 17.3. The Balaban J connectivity index is 1.63. The fourth-order valence-corrected chi connectivity index (χ4v) is 4.10. The topological polar surface area (TPSA) is 99.0 Å². The number of hydrogen-bond donors (Lipinski definition) is 1. The van der Waals surface area contributed by atoms with E-state index in [0.29, 0.717) is 37.3 Å². The van der Waals surface area contributed by atoms with Gasteiger partial charge in [0, 0.05) is 36.6 Å². The molecule has 1 saturated heterocycles. The Labute approximate surface area is 147 Å². The summed E-state index contributed by atoms with van der Waals surface area (Å²) in [7, 11) is -3.61. The second-order valence-corrected chi connectivity index (χ2v) is 7.70. The lowest BCUT2D eigenvalue weighted by atomic mass is 9.94. The maximum absolute atomic E-state index is 12.5. The van der Waals surface area contributed by atoms with Gasteiger partial charge in [0.25, 0.3) is 0 Å². The molecule has 1 aliphatic heterocycles. The molecule has 3 rings (SSSR count). The molecule has 1 aliphatic rings. The van der Waals surface area contributed by atoms with E-state index < -0.39 is 10.2 Å². The molecule has 0 amide bonds. The lowest BCUT2D eigenvalue weighted by Crippen LogP contribution is -2.41. The van der Waals surface area contributed by atoms with Crippen molar-refractivity contribution in [3.63, 3.8) is 0 Å². The SMILES string of the molecule is Cc1cccc(NS(=O)(=O)N2CCC(c3ccc(C#N)cn3)CC2)n1. The van der Waals surface area contributed by atoms with Crippen LogP contribution in [-0.2, 0) is 10.2 Å². The molecule has 7 nitrogen and oxygen atoms in total. The zero-order valence-electron chi connectivity index (χ0n) is 13.9. The molecule has 0 aromatic carbocycles. The fourth-order valence-electron chi connectivity index (χ4n) is 2.90. The molecule has 1 N–H and O–H groups in total. The number of pyridine rings is 2. The van der Waals surface area contributed by atoms with Crippen LogP contribution in [0.1, 0.15) is 35.7 Å². The molecule has 0 atom stereocenters. The number of nitrogens with zero attached hydrogens (tertiary/aromatic N) is 4. The monoisotopic (exact) mass is 357 g/mol. The molecule has 130 valence electrons. The highest BCUT2D eigenvalue weighted by atomic mass is 32.2. The Morgan fingerprint density at radius 1 is 1.24 bits per heavy atom. The largest absolute Gasteiger partial charge is 0.302 e. The van der Waals surface area contributed by atoms with Gasteiger partial charge in [0.2, 0.25) is 0 Å². The summed E-state index contributed by atoms with van der Waals surface area (Å²) >= 11 is 0. The van der Waals surface area contributed by atoms with Crippen molar-refractivity contribution in [3.8, 4) is 6.07 Å². The van der Waals surface area contributed by atoms with Crippen LogP contribution in [0.25, 0.3) is 0 Å². The van der Waals surface area contributed by atoms with Crippen LogP contribution in [0.5, 0.6) is 0 Å². The minimum atomic E-state index is -3.61. The van der Waals surface area contributed by atoms with Gasteiger partial charge in [-0.15, -0.1) is 0 Å². The average Bonchev–Trinajstić information content (AvgIpc) is 2.61. The van der Waals surface area contributed by atoms with Crippen LogP contribution >= 0.6 is 0 Å². The third kappa shape index (κ3) is 4.13. The minimum absolute atomic E-state index is 0.205. The predicted molar refractivity (Wildman–Crippen MR) is 94.0 cm³/mol. The third-order valence-electron chi connectivity index (χ3n) is 4.25. The van der Waals surface area contributed by atoms with E-state index in [1.54, 1.807) is 24.4 Å². The summed E-state index contributed by atoms with van der Waals surface area (Å²) in [5.74, 6) is 0.534. The van der Waals surface area contributed by atoms with Crippen molar-refractivity contribution < 1.29 is 8.42 Å². The Hall–Kier alpha value is -2.50. The van der Waals surface area contributed by atoms with Gasteiger partial charge in [0.1, 0.15) is 11.9 Å². The quantitative estimate of drug-likeness (QED) is 0.904. The minimum Gasteiger partial charge on any atom is -0.260 e. The molecule has 0 saturated carbocycles. The number of hydrogen-bond acceptors (Lipinski definition) is 5. The second-order valence-electron chi connectivity index (χ2n) is 6.03. The Morgan fingerprint density at radius 2 is 2.00 bits per heavy atom. The number of rotatable bonds is 4. The fraction of sp³-hybridized carbons (Fsp3) is 0.353. The van der Waals surface area contributed by atoms with Crippen LogP contribution in [0, 0.1) is 18.3 Å². The highest BCUT2D eigenvalue weighted by Gasteiger charge is 2.29. The summed E-state index contributed by atoms with van der Waals surface area (Å²) in [5.41, 5.74) is 2.19. The van der Waals surface area contributed by atoms with Crippen molar-refractivity contribution in [1.82, 2.24) is 14.3 Å². The summed E-state index contributed by atoms with van der Waals surface area (Å²) in [6.45, 7) is 2.66. The van der Waals surface area contributed by atoms with E-state index >= 15 is 0 Å². The maximum atomic E-state index is 12.5. The van der Waals surface area contributed by atoms with Gasteiger partial charge >= 0.3 is 10.2 Å². The summed E-state index contributed by atoms with van der Waals surface area (Å²) in [6.07, 6.45) is 2.95. The van der Waals surface area contributed by atoms with Crippen LogP contribution in [0.4, 0.5) is 5.82 Å². The number of nitrogens with one attached hydrogen (secondary N) is 1. The smallest absolute Gasteiger partial charge is 0.260 e. The van der Waals surface area contributed by atoms with Crippen LogP contribution in [-0.4, -0.2) is 35.8 Å².